The summed E-state index contributed by atoms with van der Waals surface area (Å²) < 4.78 is 41.8. The lowest BCUT2D eigenvalue weighted by Crippen LogP contribution is -2.43. The van der Waals surface area contributed by atoms with Crippen LogP contribution in [0.5, 0.6) is 0 Å². The molecule has 1 saturated carbocycles. The van der Waals surface area contributed by atoms with Crippen molar-refractivity contribution in [1.29, 1.82) is 0 Å². The van der Waals surface area contributed by atoms with Gasteiger partial charge in [0.25, 0.3) is 0 Å². The van der Waals surface area contributed by atoms with Gasteiger partial charge in [-0.05, 0) is 44.4 Å². The Morgan fingerprint density at radius 3 is 2.46 bits per heavy atom. The van der Waals surface area contributed by atoms with E-state index in [4.69, 9.17) is 4.74 Å². The summed E-state index contributed by atoms with van der Waals surface area (Å²) in [6.45, 7) is 4.86. The van der Waals surface area contributed by atoms with Crippen molar-refractivity contribution in [2.75, 3.05) is 33.4 Å². The summed E-state index contributed by atoms with van der Waals surface area (Å²) in [5.74, 6) is 0.671. The van der Waals surface area contributed by atoms with Crippen LogP contribution < -0.4 is 10.6 Å². The second-order valence-corrected chi connectivity index (χ2v) is 6.58. The molecule has 0 aromatic carbocycles. The van der Waals surface area contributed by atoms with Crippen molar-refractivity contribution in [2.24, 2.45) is 10.4 Å². The maximum Gasteiger partial charge on any atom is 0.389 e. The summed E-state index contributed by atoms with van der Waals surface area (Å²) in [4.78, 5) is 4.16. The molecule has 1 aliphatic carbocycles. The molecule has 0 heterocycles. The van der Waals surface area contributed by atoms with Crippen LogP contribution in [0.4, 0.5) is 13.2 Å². The van der Waals surface area contributed by atoms with Gasteiger partial charge in [0.15, 0.2) is 5.96 Å². The van der Waals surface area contributed by atoms with Crippen LogP contribution in [0.15, 0.2) is 4.99 Å². The number of hydrogen-bond acceptors (Lipinski definition) is 2. The summed E-state index contributed by atoms with van der Waals surface area (Å²) in [6, 6.07) is 0. The minimum Gasteiger partial charge on any atom is -0.382 e. The van der Waals surface area contributed by atoms with Crippen LogP contribution in [0, 0.1) is 5.41 Å². The van der Waals surface area contributed by atoms with Crippen molar-refractivity contribution in [2.45, 2.75) is 64.5 Å². The highest BCUT2D eigenvalue weighted by atomic mass is 19.4. The van der Waals surface area contributed by atoms with E-state index in [9.17, 15) is 13.2 Å². The van der Waals surface area contributed by atoms with Crippen molar-refractivity contribution >= 4 is 5.96 Å². The largest absolute Gasteiger partial charge is 0.389 e. The van der Waals surface area contributed by atoms with Gasteiger partial charge in [-0.3, -0.25) is 4.99 Å². The van der Waals surface area contributed by atoms with E-state index in [0.717, 1.165) is 26.2 Å². The number of nitrogens with one attached hydrogen (secondary N) is 2. The van der Waals surface area contributed by atoms with Gasteiger partial charge < -0.3 is 15.4 Å². The number of ether oxygens (including phenoxy) is 1. The quantitative estimate of drug-likeness (QED) is 0.357. The molecule has 0 aliphatic heterocycles. The number of nitrogens with zero attached hydrogens (tertiary/aromatic N) is 1. The van der Waals surface area contributed by atoms with Gasteiger partial charge in [-0.15, -0.1) is 0 Å². The number of halogens is 3. The summed E-state index contributed by atoms with van der Waals surface area (Å²) in [6.07, 6.45) is 1.76. The number of rotatable bonds is 10. The Bertz CT molecular complexity index is 367. The third-order valence-corrected chi connectivity index (χ3v) is 4.68. The van der Waals surface area contributed by atoms with E-state index in [-0.39, 0.29) is 11.8 Å². The predicted molar refractivity (Wildman–Crippen MR) is 91.3 cm³/mol. The number of hydrogen-bond donors (Lipinski definition) is 2. The van der Waals surface area contributed by atoms with Gasteiger partial charge in [-0.2, -0.15) is 13.2 Å². The molecule has 0 spiro atoms. The van der Waals surface area contributed by atoms with Crippen LogP contribution >= 0.6 is 0 Å². The molecule has 0 bridgehead atoms. The first kappa shape index (κ1) is 21.1. The molecule has 24 heavy (non-hydrogen) atoms. The third-order valence-electron chi connectivity index (χ3n) is 4.68. The maximum atomic E-state index is 12.1. The molecule has 0 amide bonds. The minimum absolute atomic E-state index is 0.145. The fraction of sp³-hybridized carbons (Fsp3) is 0.941. The van der Waals surface area contributed by atoms with Crippen LogP contribution in [0.1, 0.15) is 58.3 Å². The molecule has 142 valence electrons. The SMILES string of the molecule is CCOCCC1(CNC(=NC)NCCCCC(F)(F)F)CCCC1. The monoisotopic (exact) mass is 351 g/mol. The highest BCUT2D eigenvalue weighted by Gasteiger charge is 2.33. The predicted octanol–water partition coefficient (Wildman–Crippen LogP) is 3.87. The van der Waals surface area contributed by atoms with E-state index in [1.54, 1.807) is 7.05 Å². The molecular formula is C17H32F3N3O. The standard InChI is InChI=1S/C17H32F3N3O/c1-3-24-13-11-16(8-4-5-9-16)14-23-15(21-2)22-12-7-6-10-17(18,19)20/h3-14H2,1-2H3,(H2,21,22,23). The first-order chi connectivity index (χ1) is 11.4. The topological polar surface area (TPSA) is 45.6 Å². The molecule has 0 radical (unpaired) electrons. The Kier molecular flexibility index (Phi) is 9.48. The van der Waals surface area contributed by atoms with Crippen LogP contribution in [-0.4, -0.2) is 45.5 Å². The van der Waals surface area contributed by atoms with Crippen molar-refractivity contribution in [3.63, 3.8) is 0 Å². The van der Waals surface area contributed by atoms with E-state index >= 15 is 0 Å². The third kappa shape index (κ3) is 8.76. The number of unbranched alkanes of at least 4 members (excludes halogenated alkanes) is 1. The first-order valence-corrected chi connectivity index (χ1v) is 9.00. The summed E-state index contributed by atoms with van der Waals surface area (Å²) in [5.41, 5.74) is 0.253. The summed E-state index contributed by atoms with van der Waals surface area (Å²) in [5, 5.41) is 6.45. The van der Waals surface area contributed by atoms with Crippen LogP contribution in [0.2, 0.25) is 0 Å². The molecule has 7 heteroatoms. The zero-order chi connectivity index (χ0) is 17.9. The highest BCUT2D eigenvalue weighted by molar-refractivity contribution is 5.79. The van der Waals surface area contributed by atoms with Crippen molar-refractivity contribution in [1.82, 2.24) is 10.6 Å². The number of guanidine groups is 1. The number of aliphatic imine (C=N–C) groups is 1. The van der Waals surface area contributed by atoms with Gasteiger partial charge in [0.05, 0.1) is 0 Å². The zero-order valence-electron chi connectivity index (χ0n) is 15.0. The van der Waals surface area contributed by atoms with E-state index < -0.39 is 12.6 Å². The minimum atomic E-state index is -4.06. The van der Waals surface area contributed by atoms with Crippen LogP contribution in [0.25, 0.3) is 0 Å². The molecule has 0 aromatic rings. The molecule has 0 atom stereocenters. The fourth-order valence-corrected chi connectivity index (χ4v) is 3.22. The van der Waals surface area contributed by atoms with Crippen LogP contribution in [0.3, 0.4) is 0 Å². The lowest BCUT2D eigenvalue weighted by atomic mass is 9.83. The summed E-state index contributed by atoms with van der Waals surface area (Å²) in [7, 11) is 1.69. The lowest BCUT2D eigenvalue weighted by molar-refractivity contribution is -0.135. The second-order valence-electron chi connectivity index (χ2n) is 6.58. The van der Waals surface area contributed by atoms with Gasteiger partial charge >= 0.3 is 6.18 Å². The van der Waals surface area contributed by atoms with E-state index in [2.05, 4.69) is 15.6 Å². The Hall–Kier alpha value is -0.980. The Labute approximate surface area is 143 Å². The highest BCUT2D eigenvalue weighted by Crippen LogP contribution is 2.40. The zero-order valence-corrected chi connectivity index (χ0v) is 15.0. The van der Waals surface area contributed by atoms with Gasteiger partial charge in [0, 0.05) is 39.8 Å². The van der Waals surface area contributed by atoms with Crippen LogP contribution in [-0.2, 0) is 4.74 Å². The normalized spacial score (nSPS) is 18.0. The molecule has 1 aliphatic rings. The van der Waals surface area contributed by atoms with Crippen molar-refractivity contribution in [3.8, 4) is 0 Å². The second kappa shape index (κ2) is 10.8. The van der Waals surface area contributed by atoms with Crippen molar-refractivity contribution < 1.29 is 17.9 Å². The molecule has 0 saturated heterocycles. The molecule has 1 fully saturated rings. The Morgan fingerprint density at radius 1 is 1.17 bits per heavy atom. The Balaban J connectivity index is 2.28. The fourth-order valence-electron chi connectivity index (χ4n) is 3.22. The molecule has 1 rings (SSSR count). The number of alkyl halides is 3. The maximum absolute atomic E-state index is 12.1. The van der Waals surface area contributed by atoms with Crippen molar-refractivity contribution in [3.05, 3.63) is 0 Å². The molecular weight excluding hydrogens is 319 g/mol. The van der Waals surface area contributed by atoms with Gasteiger partial charge in [-0.1, -0.05) is 12.8 Å². The summed E-state index contributed by atoms with van der Waals surface area (Å²) >= 11 is 0. The van der Waals surface area contributed by atoms with Gasteiger partial charge in [0.1, 0.15) is 0 Å². The smallest absolute Gasteiger partial charge is 0.382 e. The average molecular weight is 351 g/mol. The van der Waals surface area contributed by atoms with E-state index in [1.807, 2.05) is 6.92 Å². The van der Waals surface area contributed by atoms with Gasteiger partial charge in [0.2, 0.25) is 0 Å². The van der Waals surface area contributed by atoms with E-state index in [0.29, 0.717) is 18.9 Å². The molecule has 4 nitrogen and oxygen atoms in total. The molecule has 2 N–H and O–H groups in total. The molecule has 0 aromatic heterocycles. The lowest BCUT2D eigenvalue weighted by Gasteiger charge is -2.30. The molecule has 0 unspecified atom stereocenters. The Morgan fingerprint density at radius 2 is 1.88 bits per heavy atom. The first-order valence-electron chi connectivity index (χ1n) is 9.00. The van der Waals surface area contributed by atoms with Gasteiger partial charge in [-0.25, -0.2) is 0 Å². The van der Waals surface area contributed by atoms with E-state index in [1.165, 1.54) is 25.7 Å². The average Bonchev–Trinajstić information content (AvgIpc) is 2.98.